The fourth-order valence-electron chi connectivity index (χ4n) is 3.16. The Bertz CT molecular complexity index is 713. The van der Waals surface area contributed by atoms with Gasteiger partial charge >= 0.3 is 0 Å². The zero-order chi connectivity index (χ0) is 17.1. The lowest BCUT2D eigenvalue weighted by Crippen LogP contribution is -2.46. The Morgan fingerprint density at radius 1 is 1.29 bits per heavy atom. The van der Waals surface area contributed by atoms with E-state index in [1.165, 1.54) is 0 Å². The lowest BCUT2D eigenvalue weighted by Gasteiger charge is -2.27. The minimum atomic E-state index is -0.0373. The topological polar surface area (TPSA) is 75.3 Å². The molecule has 1 fully saturated rings. The number of amides is 1. The molecular formula is C17H25N5O2. The van der Waals surface area contributed by atoms with E-state index < -0.39 is 0 Å². The lowest BCUT2D eigenvalue weighted by molar-refractivity contribution is 0.0946. The molecule has 0 spiro atoms. The van der Waals surface area contributed by atoms with E-state index in [0.29, 0.717) is 17.9 Å². The highest BCUT2D eigenvalue weighted by Gasteiger charge is 2.18. The van der Waals surface area contributed by atoms with Gasteiger partial charge in [-0.2, -0.15) is 0 Å². The molecule has 130 valence electrons. The fraction of sp³-hybridized carbons (Fsp3) is 0.529. The van der Waals surface area contributed by atoms with Crippen molar-refractivity contribution in [1.82, 2.24) is 25.3 Å². The molecule has 1 amide bonds. The number of rotatable bonds is 5. The van der Waals surface area contributed by atoms with Gasteiger partial charge in [0.15, 0.2) is 5.82 Å². The van der Waals surface area contributed by atoms with Crippen molar-refractivity contribution in [1.29, 1.82) is 0 Å². The van der Waals surface area contributed by atoms with Gasteiger partial charge in [0, 0.05) is 56.7 Å². The number of hydrogen-bond donors (Lipinski definition) is 2. The molecule has 1 saturated heterocycles. The van der Waals surface area contributed by atoms with Crippen LogP contribution in [0.5, 0.6) is 0 Å². The molecule has 0 saturated carbocycles. The molecule has 3 rings (SSSR count). The Kier molecular flexibility index (Phi) is 5.01. The summed E-state index contributed by atoms with van der Waals surface area (Å²) in [6.07, 6.45) is 0. The second-order valence-corrected chi connectivity index (χ2v) is 6.26. The summed E-state index contributed by atoms with van der Waals surface area (Å²) in [7, 11) is 0. The van der Waals surface area contributed by atoms with Gasteiger partial charge in [0.25, 0.3) is 5.91 Å². The molecule has 0 radical (unpaired) electrons. The Hall–Kier alpha value is -2.12. The van der Waals surface area contributed by atoms with Crippen LogP contribution in [0.3, 0.4) is 0 Å². The summed E-state index contributed by atoms with van der Waals surface area (Å²) in [6.45, 7) is 11.4. The first-order valence-electron chi connectivity index (χ1n) is 8.40. The third-order valence-corrected chi connectivity index (χ3v) is 4.44. The second-order valence-electron chi connectivity index (χ2n) is 6.26. The van der Waals surface area contributed by atoms with Crippen LogP contribution in [0.1, 0.15) is 27.5 Å². The fourth-order valence-corrected chi connectivity index (χ4v) is 3.16. The predicted molar refractivity (Wildman–Crippen MR) is 91.7 cm³/mol. The van der Waals surface area contributed by atoms with E-state index in [1.54, 1.807) is 0 Å². The molecule has 2 aromatic heterocycles. The van der Waals surface area contributed by atoms with Gasteiger partial charge in [0.05, 0.1) is 5.56 Å². The maximum Gasteiger partial charge on any atom is 0.253 e. The van der Waals surface area contributed by atoms with Crippen LogP contribution in [0, 0.1) is 20.8 Å². The van der Waals surface area contributed by atoms with Crippen molar-refractivity contribution in [3.63, 3.8) is 0 Å². The van der Waals surface area contributed by atoms with Crippen molar-refractivity contribution < 1.29 is 9.32 Å². The number of hydrogen-bond acceptors (Lipinski definition) is 5. The summed E-state index contributed by atoms with van der Waals surface area (Å²) < 4.78 is 7.09. The molecule has 0 aliphatic carbocycles. The second kappa shape index (κ2) is 7.19. The maximum atomic E-state index is 12.5. The number of carbonyl (C=O) groups is 1. The normalized spacial score (nSPS) is 15.6. The third kappa shape index (κ3) is 3.52. The van der Waals surface area contributed by atoms with Crippen LogP contribution < -0.4 is 10.6 Å². The van der Waals surface area contributed by atoms with Crippen molar-refractivity contribution in [3.8, 4) is 5.82 Å². The van der Waals surface area contributed by atoms with Gasteiger partial charge < -0.3 is 15.2 Å². The zero-order valence-electron chi connectivity index (χ0n) is 14.6. The van der Waals surface area contributed by atoms with Crippen molar-refractivity contribution >= 4 is 5.91 Å². The molecule has 24 heavy (non-hydrogen) atoms. The van der Waals surface area contributed by atoms with E-state index in [1.807, 2.05) is 37.5 Å². The van der Waals surface area contributed by atoms with E-state index in [2.05, 4.69) is 20.7 Å². The molecule has 7 heteroatoms. The van der Waals surface area contributed by atoms with E-state index in [4.69, 9.17) is 4.52 Å². The number of nitrogens with zero attached hydrogens (tertiary/aromatic N) is 3. The van der Waals surface area contributed by atoms with Crippen molar-refractivity contribution in [2.24, 2.45) is 0 Å². The molecule has 0 bridgehead atoms. The molecule has 7 nitrogen and oxygen atoms in total. The monoisotopic (exact) mass is 331 g/mol. The minimum Gasteiger partial charge on any atom is -0.360 e. The lowest BCUT2D eigenvalue weighted by atomic mass is 10.2. The summed E-state index contributed by atoms with van der Waals surface area (Å²) in [5, 5.41) is 10.4. The quantitative estimate of drug-likeness (QED) is 0.856. The van der Waals surface area contributed by atoms with Crippen LogP contribution in [0.4, 0.5) is 0 Å². The zero-order valence-corrected chi connectivity index (χ0v) is 14.6. The van der Waals surface area contributed by atoms with Crippen LogP contribution in [-0.2, 0) is 0 Å². The molecule has 0 atom stereocenters. The number of piperazine rings is 1. The predicted octanol–water partition coefficient (Wildman–Crippen LogP) is 1.03. The van der Waals surface area contributed by atoms with Crippen LogP contribution in [0.2, 0.25) is 0 Å². The van der Waals surface area contributed by atoms with Crippen molar-refractivity contribution in [3.05, 3.63) is 34.8 Å². The van der Waals surface area contributed by atoms with Crippen LogP contribution in [0.25, 0.3) is 5.82 Å². The summed E-state index contributed by atoms with van der Waals surface area (Å²) >= 11 is 0. The van der Waals surface area contributed by atoms with Gasteiger partial charge in [-0.15, -0.1) is 0 Å². The van der Waals surface area contributed by atoms with Gasteiger partial charge in [-0.1, -0.05) is 5.16 Å². The maximum absolute atomic E-state index is 12.5. The molecule has 1 aliphatic heterocycles. The molecule has 0 unspecified atom stereocenters. The Morgan fingerprint density at radius 3 is 2.71 bits per heavy atom. The summed E-state index contributed by atoms with van der Waals surface area (Å²) in [4.78, 5) is 14.9. The number of nitrogens with one attached hydrogen (secondary N) is 2. The van der Waals surface area contributed by atoms with Gasteiger partial charge in [-0.25, -0.2) is 0 Å². The van der Waals surface area contributed by atoms with Gasteiger partial charge in [-0.3, -0.25) is 14.3 Å². The first-order valence-corrected chi connectivity index (χ1v) is 8.40. The molecule has 2 N–H and O–H groups in total. The van der Waals surface area contributed by atoms with Crippen LogP contribution in [0.15, 0.2) is 16.7 Å². The molecule has 2 aromatic rings. The highest BCUT2D eigenvalue weighted by Crippen LogP contribution is 2.20. The Labute approximate surface area is 142 Å². The van der Waals surface area contributed by atoms with Gasteiger partial charge in [0.2, 0.25) is 0 Å². The van der Waals surface area contributed by atoms with E-state index in [9.17, 15) is 4.79 Å². The number of carbonyl (C=O) groups excluding carboxylic acids is 1. The Balaban J connectivity index is 1.64. The first kappa shape index (κ1) is 16.7. The smallest absolute Gasteiger partial charge is 0.253 e. The third-order valence-electron chi connectivity index (χ3n) is 4.44. The minimum absolute atomic E-state index is 0.0373. The SMILES string of the molecule is Cc1cc(-n2c(C)cc(C(=O)NCCN3CCNCC3)c2C)no1. The largest absolute Gasteiger partial charge is 0.360 e. The number of aryl methyl sites for hydroxylation is 2. The van der Waals surface area contributed by atoms with Crippen LogP contribution in [-0.4, -0.2) is 59.8 Å². The highest BCUT2D eigenvalue weighted by molar-refractivity contribution is 5.95. The standard InChI is InChI=1S/C17H25N5O2/c1-12-10-15(14(3)22(12)16-11-13(2)24-20-16)17(23)19-6-9-21-7-4-18-5-8-21/h10-11,18H,4-9H2,1-3H3,(H,19,23). The van der Waals surface area contributed by atoms with E-state index in [-0.39, 0.29) is 5.91 Å². The van der Waals surface area contributed by atoms with Crippen molar-refractivity contribution in [2.45, 2.75) is 20.8 Å². The first-order chi connectivity index (χ1) is 11.6. The average Bonchev–Trinajstić information content (AvgIpc) is 3.11. The van der Waals surface area contributed by atoms with E-state index >= 15 is 0 Å². The van der Waals surface area contributed by atoms with Crippen LogP contribution >= 0.6 is 0 Å². The Morgan fingerprint density at radius 2 is 2.04 bits per heavy atom. The van der Waals surface area contributed by atoms with Gasteiger partial charge in [0.1, 0.15) is 5.76 Å². The average molecular weight is 331 g/mol. The van der Waals surface area contributed by atoms with Gasteiger partial charge in [-0.05, 0) is 26.8 Å². The van der Waals surface area contributed by atoms with E-state index in [0.717, 1.165) is 49.9 Å². The summed E-state index contributed by atoms with van der Waals surface area (Å²) in [5.74, 6) is 1.42. The highest BCUT2D eigenvalue weighted by atomic mass is 16.5. The van der Waals surface area contributed by atoms with Crippen molar-refractivity contribution in [2.75, 3.05) is 39.3 Å². The molecule has 1 aliphatic rings. The molecular weight excluding hydrogens is 306 g/mol. The number of aromatic nitrogens is 2. The molecule has 0 aromatic carbocycles. The summed E-state index contributed by atoms with van der Waals surface area (Å²) in [6, 6.07) is 3.77. The summed E-state index contributed by atoms with van der Waals surface area (Å²) in [5.41, 5.74) is 2.53. The molecule has 3 heterocycles.